The van der Waals surface area contributed by atoms with Crippen LogP contribution in [0, 0.1) is 11.3 Å². The van der Waals surface area contributed by atoms with E-state index < -0.39 is 0 Å². The van der Waals surface area contributed by atoms with Crippen LogP contribution in [0.2, 0.25) is 0 Å². The molecule has 0 aliphatic rings. The Hall–Kier alpha value is -3.42. The summed E-state index contributed by atoms with van der Waals surface area (Å²) in [5.41, 5.74) is 3.39. The normalized spacial score (nSPS) is 11.3. The van der Waals surface area contributed by atoms with Crippen LogP contribution >= 0.6 is 11.3 Å². The van der Waals surface area contributed by atoms with E-state index >= 15 is 0 Å². The summed E-state index contributed by atoms with van der Waals surface area (Å²) in [6.45, 7) is 0. The zero-order chi connectivity index (χ0) is 18.6. The molecule has 0 saturated heterocycles. The predicted octanol–water partition coefficient (Wildman–Crippen LogP) is 6.04. The second-order valence-electron chi connectivity index (χ2n) is 6.05. The smallest absolute Gasteiger partial charge is 0.134 e. The molecule has 0 spiro atoms. The van der Waals surface area contributed by atoms with Crippen molar-refractivity contribution in [3.8, 4) is 23.1 Å². The Bertz CT molecular complexity index is 1180. The van der Waals surface area contributed by atoms with Gasteiger partial charge >= 0.3 is 0 Å². The van der Waals surface area contributed by atoms with Gasteiger partial charge < -0.3 is 4.74 Å². The van der Waals surface area contributed by atoms with E-state index in [4.69, 9.17) is 9.72 Å². The van der Waals surface area contributed by atoms with Crippen LogP contribution in [0.25, 0.3) is 33.7 Å². The van der Waals surface area contributed by atoms with Gasteiger partial charge in [0, 0.05) is 10.9 Å². The fourth-order valence-corrected chi connectivity index (χ4v) is 3.71. The summed E-state index contributed by atoms with van der Waals surface area (Å²) in [7, 11) is 1.63. The van der Waals surface area contributed by atoms with E-state index in [0.29, 0.717) is 10.6 Å². The van der Waals surface area contributed by atoms with E-state index in [0.717, 1.165) is 22.6 Å². The fourth-order valence-electron chi connectivity index (χ4n) is 2.92. The van der Waals surface area contributed by atoms with Crippen molar-refractivity contribution in [3.63, 3.8) is 0 Å². The first kappa shape index (κ1) is 17.0. The maximum absolute atomic E-state index is 9.61. The molecule has 0 unspecified atom stereocenters. The average Bonchev–Trinajstić information content (AvgIpc) is 3.22. The van der Waals surface area contributed by atoms with E-state index in [1.807, 2.05) is 47.9 Å². The summed E-state index contributed by atoms with van der Waals surface area (Å²) in [6.07, 6.45) is 1.84. The van der Waals surface area contributed by atoms with Gasteiger partial charge in [-0.05, 0) is 40.6 Å². The molecule has 130 valence electrons. The topological polar surface area (TPSA) is 45.9 Å². The number of fused-ring (bicyclic) bond motifs is 1. The standard InChI is InChI=1S/C23H16N2OS/c1-26-21-8-4-5-16(12-21)11-20(14-24)23-25-22(15-27-23)19-10-9-17-6-2-3-7-18(17)13-19/h2-13,15H,1H3/b20-11+. The lowest BCUT2D eigenvalue weighted by Gasteiger charge is -2.01. The van der Waals surface area contributed by atoms with Crippen molar-refractivity contribution in [2.75, 3.05) is 7.11 Å². The number of nitriles is 1. The fraction of sp³-hybridized carbons (Fsp3) is 0.0435. The molecule has 0 fully saturated rings. The molecule has 3 nitrogen and oxygen atoms in total. The van der Waals surface area contributed by atoms with Crippen molar-refractivity contribution in [2.24, 2.45) is 0 Å². The molecule has 0 radical (unpaired) electrons. The molecule has 0 aliphatic carbocycles. The van der Waals surface area contributed by atoms with E-state index in [1.165, 1.54) is 22.1 Å². The SMILES string of the molecule is COc1cccc(/C=C(\C#N)c2nc(-c3ccc4ccccc4c3)cs2)c1. The molecule has 4 aromatic rings. The third-order valence-electron chi connectivity index (χ3n) is 4.31. The van der Waals surface area contributed by atoms with Crippen LogP contribution in [0.4, 0.5) is 0 Å². The average molecular weight is 368 g/mol. The molecular weight excluding hydrogens is 352 g/mol. The second kappa shape index (κ2) is 7.45. The maximum Gasteiger partial charge on any atom is 0.134 e. The number of thiazole rings is 1. The van der Waals surface area contributed by atoms with Crippen LogP contribution in [0.15, 0.2) is 72.1 Å². The summed E-state index contributed by atoms with van der Waals surface area (Å²) in [4.78, 5) is 4.69. The monoisotopic (exact) mass is 368 g/mol. The Labute approximate surface area is 161 Å². The number of hydrogen-bond acceptors (Lipinski definition) is 4. The molecule has 3 aromatic carbocycles. The minimum Gasteiger partial charge on any atom is -0.497 e. The first-order valence-corrected chi connectivity index (χ1v) is 9.36. The lowest BCUT2D eigenvalue weighted by molar-refractivity contribution is 0.414. The van der Waals surface area contributed by atoms with Gasteiger partial charge in [0.1, 0.15) is 16.8 Å². The van der Waals surface area contributed by atoms with Crippen LogP contribution in [-0.4, -0.2) is 12.1 Å². The van der Waals surface area contributed by atoms with Crippen molar-refractivity contribution in [2.45, 2.75) is 0 Å². The number of methoxy groups -OCH3 is 1. The third kappa shape index (κ3) is 3.59. The van der Waals surface area contributed by atoms with Gasteiger partial charge in [-0.2, -0.15) is 5.26 Å². The van der Waals surface area contributed by atoms with Crippen LogP contribution in [0.1, 0.15) is 10.6 Å². The summed E-state index contributed by atoms with van der Waals surface area (Å²) in [5, 5.41) is 14.7. The lowest BCUT2D eigenvalue weighted by atomic mass is 10.1. The van der Waals surface area contributed by atoms with Crippen molar-refractivity contribution in [1.29, 1.82) is 5.26 Å². The van der Waals surface area contributed by atoms with Crippen molar-refractivity contribution in [1.82, 2.24) is 4.98 Å². The molecule has 0 aliphatic heterocycles. The number of nitrogens with zero attached hydrogens (tertiary/aromatic N) is 2. The number of rotatable bonds is 4. The van der Waals surface area contributed by atoms with E-state index in [2.05, 4.69) is 36.4 Å². The Balaban J connectivity index is 1.69. The Morgan fingerprint density at radius 1 is 1.04 bits per heavy atom. The Kier molecular flexibility index (Phi) is 4.69. The molecule has 0 amide bonds. The van der Waals surface area contributed by atoms with Crippen LogP contribution in [0.3, 0.4) is 0 Å². The van der Waals surface area contributed by atoms with Gasteiger partial charge in [0.25, 0.3) is 0 Å². The minimum absolute atomic E-state index is 0.542. The van der Waals surface area contributed by atoms with Crippen LogP contribution in [-0.2, 0) is 0 Å². The summed E-state index contributed by atoms with van der Waals surface area (Å²) in [5.74, 6) is 0.761. The largest absolute Gasteiger partial charge is 0.497 e. The van der Waals surface area contributed by atoms with Gasteiger partial charge in [-0.3, -0.25) is 0 Å². The molecule has 0 N–H and O–H groups in total. The highest BCUT2D eigenvalue weighted by atomic mass is 32.1. The van der Waals surface area contributed by atoms with Crippen LogP contribution < -0.4 is 4.74 Å². The molecule has 1 aromatic heterocycles. The molecular formula is C23H16N2OS. The van der Waals surface area contributed by atoms with E-state index in [9.17, 15) is 5.26 Å². The van der Waals surface area contributed by atoms with Gasteiger partial charge in [0.2, 0.25) is 0 Å². The van der Waals surface area contributed by atoms with Gasteiger partial charge in [-0.25, -0.2) is 4.98 Å². The Morgan fingerprint density at radius 2 is 1.89 bits per heavy atom. The van der Waals surface area contributed by atoms with Gasteiger partial charge in [-0.1, -0.05) is 48.5 Å². The molecule has 27 heavy (non-hydrogen) atoms. The molecule has 4 rings (SSSR count). The first-order valence-electron chi connectivity index (χ1n) is 8.48. The van der Waals surface area contributed by atoms with Gasteiger partial charge in [-0.15, -0.1) is 11.3 Å². The van der Waals surface area contributed by atoms with E-state index in [1.54, 1.807) is 7.11 Å². The van der Waals surface area contributed by atoms with Crippen LogP contribution in [0.5, 0.6) is 5.75 Å². The summed E-state index contributed by atoms with van der Waals surface area (Å²) in [6, 6.07) is 24.4. The molecule has 0 atom stereocenters. The zero-order valence-corrected chi connectivity index (χ0v) is 15.5. The molecule has 1 heterocycles. The van der Waals surface area contributed by atoms with Gasteiger partial charge in [0.05, 0.1) is 18.4 Å². The highest BCUT2D eigenvalue weighted by Crippen LogP contribution is 2.29. The first-order chi connectivity index (χ1) is 13.3. The van der Waals surface area contributed by atoms with Gasteiger partial charge in [0.15, 0.2) is 0 Å². The predicted molar refractivity (Wildman–Crippen MR) is 112 cm³/mol. The lowest BCUT2D eigenvalue weighted by Crippen LogP contribution is -1.85. The van der Waals surface area contributed by atoms with Crippen molar-refractivity contribution < 1.29 is 4.74 Å². The quantitative estimate of drug-likeness (QED) is 0.413. The maximum atomic E-state index is 9.61. The van der Waals surface area contributed by atoms with E-state index in [-0.39, 0.29) is 0 Å². The number of benzene rings is 3. The minimum atomic E-state index is 0.542. The Morgan fingerprint density at radius 3 is 2.70 bits per heavy atom. The zero-order valence-electron chi connectivity index (χ0n) is 14.7. The molecule has 0 bridgehead atoms. The third-order valence-corrected chi connectivity index (χ3v) is 5.18. The molecule has 0 saturated carbocycles. The number of allylic oxidation sites excluding steroid dienone is 1. The molecule has 4 heteroatoms. The number of hydrogen-bond donors (Lipinski definition) is 0. The summed E-state index contributed by atoms with van der Waals surface area (Å²) >= 11 is 1.48. The number of aromatic nitrogens is 1. The van der Waals surface area contributed by atoms with Crippen molar-refractivity contribution >= 4 is 33.8 Å². The summed E-state index contributed by atoms with van der Waals surface area (Å²) < 4.78 is 5.25. The van der Waals surface area contributed by atoms with Crippen molar-refractivity contribution in [3.05, 3.63) is 82.7 Å². The highest BCUT2D eigenvalue weighted by Gasteiger charge is 2.10. The number of ether oxygens (including phenoxy) is 1. The second-order valence-corrected chi connectivity index (χ2v) is 6.90. The highest BCUT2D eigenvalue weighted by molar-refractivity contribution is 7.11.